The van der Waals surface area contributed by atoms with Gasteiger partial charge in [0.1, 0.15) is 5.65 Å². The van der Waals surface area contributed by atoms with E-state index in [-0.39, 0.29) is 11.6 Å². The van der Waals surface area contributed by atoms with Crippen LogP contribution in [-0.2, 0) is 14.3 Å². The highest BCUT2D eigenvalue weighted by molar-refractivity contribution is 6.26. The van der Waals surface area contributed by atoms with Crippen LogP contribution in [0.15, 0.2) is 59.9 Å². The Kier molecular flexibility index (Phi) is 6.77. The molecule has 3 N–H and O–H groups in total. The van der Waals surface area contributed by atoms with E-state index in [0.29, 0.717) is 16.9 Å². The second-order valence-electron chi connectivity index (χ2n) is 9.13. The number of piperazine rings is 1. The first-order valence-corrected chi connectivity index (χ1v) is 12.0. The number of hydrogen-bond donors (Lipinski definition) is 3. The molecule has 0 aliphatic carbocycles. The molecule has 2 aromatic heterocycles. The summed E-state index contributed by atoms with van der Waals surface area (Å²) < 4.78 is 5.73. The van der Waals surface area contributed by atoms with Crippen molar-refractivity contribution in [3.05, 3.63) is 76.6 Å². The maximum absolute atomic E-state index is 12.9. The van der Waals surface area contributed by atoms with Gasteiger partial charge in [0.25, 0.3) is 0 Å². The fraction of sp³-hybridized carbons (Fsp3) is 0.250. The summed E-state index contributed by atoms with van der Waals surface area (Å²) in [6.45, 7) is 6.74. The Balaban J connectivity index is 1.32. The maximum Gasteiger partial charge on any atom is 0.345 e. The van der Waals surface area contributed by atoms with Gasteiger partial charge in [0.2, 0.25) is 11.7 Å². The summed E-state index contributed by atoms with van der Waals surface area (Å²) in [5.41, 5.74) is 3.23. The van der Waals surface area contributed by atoms with Gasteiger partial charge in [-0.3, -0.25) is 9.69 Å². The summed E-state index contributed by atoms with van der Waals surface area (Å²) in [5, 5.41) is 13.5. The maximum atomic E-state index is 12.9. The lowest BCUT2D eigenvalue weighted by Gasteiger charge is -2.30. The fourth-order valence-corrected chi connectivity index (χ4v) is 4.31. The van der Waals surface area contributed by atoms with Gasteiger partial charge in [-0.1, -0.05) is 11.8 Å². The van der Waals surface area contributed by atoms with Crippen LogP contribution in [0.1, 0.15) is 16.7 Å². The number of carbonyl (C=O) groups excluding carboxylic acids is 1. The number of aromatic nitrogens is 2. The van der Waals surface area contributed by atoms with Crippen LogP contribution >= 0.6 is 0 Å². The summed E-state index contributed by atoms with van der Waals surface area (Å²) in [6, 6.07) is 9.23. The van der Waals surface area contributed by atoms with Crippen molar-refractivity contribution in [1.29, 1.82) is 0 Å². The number of ether oxygens (including phenoxy) is 1. The SMILES string of the molecule is Cc1cc(C#CCN2CCN(C)CC2)ccc1NC1=C(C(=O)O)C(=O)/C(=C/c2c[nH]c3ncccc23)O1. The predicted octanol–water partition coefficient (Wildman–Crippen LogP) is 2.82. The number of rotatable bonds is 5. The zero-order chi connectivity index (χ0) is 25.9. The van der Waals surface area contributed by atoms with E-state index in [9.17, 15) is 14.7 Å². The second kappa shape index (κ2) is 10.3. The second-order valence-corrected chi connectivity index (χ2v) is 9.13. The van der Waals surface area contributed by atoms with Gasteiger partial charge >= 0.3 is 5.97 Å². The lowest BCUT2D eigenvalue weighted by atomic mass is 10.1. The Hall–Kier alpha value is -4.39. The van der Waals surface area contributed by atoms with Gasteiger partial charge < -0.3 is 25.0 Å². The largest absolute Gasteiger partial charge is 0.477 e. The van der Waals surface area contributed by atoms with Crippen LogP contribution in [0, 0.1) is 18.8 Å². The molecule has 0 amide bonds. The van der Waals surface area contributed by atoms with Crippen LogP contribution in [0.5, 0.6) is 0 Å². The van der Waals surface area contributed by atoms with E-state index in [1.165, 1.54) is 6.08 Å². The van der Waals surface area contributed by atoms with Gasteiger partial charge in [-0.15, -0.1) is 0 Å². The number of hydrogen-bond acceptors (Lipinski definition) is 7. The Labute approximate surface area is 214 Å². The Morgan fingerprint density at radius 3 is 2.84 bits per heavy atom. The summed E-state index contributed by atoms with van der Waals surface area (Å²) in [4.78, 5) is 36.7. The molecule has 1 fully saturated rings. The predicted molar refractivity (Wildman–Crippen MR) is 140 cm³/mol. The number of allylic oxidation sites excluding steroid dienone is 1. The number of aromatic amines is 1. The van der Waals surface area contributed by atoms with Crippen LogP contribution < -0.4 is 5.32 Å². The average molecular weight is 498 g/mol. The van der Waals surface area contributed by atoms with Crippen molar-refractivity contribution < 1.29 is 19.4 Å². The number of carboxylic acids is 1. The molecule has 4 heterocycles. The van der Waals surface area contributed by atoms with Gasteiger partial charge in [0, 0.05) is 60.8 Å². The minimum absolute atomic E-state index is 0.0753. The van der Waals surface area contributed by atoms with E-state index < -0.39 is 17.3 Å². The number of carboxylic acid groups (broad SMARTS) is 1. The number of aryl methyl sites for hydroxylation is 1. The lowest BCUT2D eigenvalue weighted by molar-refractivity contribution is -0.134. The number of aliphatic carboxylic acids is 1. The van der Waals surface area contributed by atoms with Crippen molar-refractivity contribution in [2.24, 2.45) is 0 Å². The normalized spacial score (nSPS) is 17.7. The van der Waals surface area contributed by atoms with Crippen LogP contribution in [0.3, 0.4) is 0 Å². The number of anilines is 1. The third-order valence-corrected chi connectivity index (χ3v) is 6.48. The molecular formula is C28H27N5O4. The van der Waals surface area contributed by atoms with Crippen molar-refractivity contribution in [2.45, 2.75) is 6.92 Å². The van der Waals surface area contributed by atoms with Crippen LogP contribution in [0.4, 0.5) is 5.69 Å². The minimum atomic E-state index is -1.36. The first-order chi connectivity index (χ1) is 17.9. The topological polar surface area (TPSA) is 111 Å². The van der Waals surface area contributed by atoms with Gasteiger partial charge in [-0.05, 0) is 55.9 Å². The molecule has 2 aliphatic heterocycles. The van der Waals surface area contributed by atoms with E-state index in [1.54, 1.807) is 18.5 Å². The molecule has 3 aromatic rings. The number of H-pyrrole nitrogens is 1. The number of fused-ring (bicyclic) bond motifs is 1. The zero-order valence-electron chi connectivity index (χ0n) is 20.7. The summed E-state index contributed by atoms with van der Waals surface area (Å²) >= 11 is 0. The smallest absolute Gasteiger partial charge is 0.345 e. The number of nitrogens with one attached hydrogen (secondary N) is 2. The molecule has 0 bridgehead atoms. The molecule has 1 saturated heterocycles. The fourth-order valence-electron chi connectivity index (χ4n) is 4.31. The molecule has 37 heavy (non-hydrogen) atoms. The monoisotopic (exact) mass is 497 g/mol. The lowest BCUT2D eigenvalue weighted by Crippen LogP contribution is -2.44. The highest BCUT2D eigenvalue weighted by atomic mass is 16.5. The van der Waals surface area contributed by atoms with E-state index >= 15 is 0 Å². The van der Waals surface area contributed by atoms with Crippen molar-refractivity contribution in [3.8, 4) is 11.8 Å². The number of Topliss-reactive ketones (excluding diaryl/α,β-unsaturated/α-hetero) is 1. The third kappa shape index (κ3) is 5.26. The molecule has 9 nitrogen and oxygen atoms in total. The van der Waals surface area contributed by atoms with E-state index in [1.807, 2.05) is 31.2 Å². The van der Waals surface area contributed by atoms with Crippen LogP contribution in [0.2, 0.25) is 0 Å². The molecule has 1 aromatic carbocycles. The number of benzene rings is 1. The van der Waals surface area contributed by atoms with E-state index in [0.717, 1.165) is 49.2 Å². The summed E-state index contributed by atoms with van der Waals surface area (Å²) in [7, 11) is 2.13. The summed E-state index contributed by atoms with van der Waals surface area (Å²) in [6.07, 6.45) is 4.87. The molecule has 0 saturated carbocycles. The van der Waals surface area contributed by atoms with Crippen LogP contribution in [0.25, 0.3) is 17.1 Å². The van der Waals surface area contributed by atoms with Gasteiger partial charge in [0.05, 0.1) is 6.54 Å². The quantitative estimate of drug-likeness (QED) is 0.280. The average Bonchev–Trinajstić information content (AvgIpc) is 3.42. The Morgan fingerprint density at radius 1 is 1.27 bits per heavy atom. The van der Waals surface area contributed by atoms with Gasteiger partial charge in [0.15, 0.2) is 11.3 Å². The zero-order valence-corrected chi connectivity index (χ0v) is 20.7. The number of ketones is 1. The van der Waals surface area contributed by atoms with E-state index in [2.05, 4.69) is 44.0 Å². The Bertz CT molecular complexity index is 1500. The number of carbonyl (C=O) groups is 2. The number of nitrogens with zero attached hydrogens (tertiary/aromatic N) is 3. The molecule has 188 valence electrons. The van der Waals surface area contributed by atoms with Crippen molar-refractivity contribution in [1.82, 2.24) is 19.8 Å². The van der Waals surface area contributed by atoms with Crippen molar-refractivity contribution >= 4 is 34.5 Å². The van der Waals surface area contributed by atoms with Crippen molar-refractivity contribution in [3.63, 3.8) is 0 Å². The van der Waals surface area contributed by atoms with Gasteiger partial charge in [-0.25, -0.2) is 9.78 Å². The molecule has 0 atom stereocenters. The molecule has 0 radical (unpaired) electrons. The molecule has 9 heteroatoms. The van der Waals surface area contributed by atoms with E-state index in [4.69, 9.17) is 4.74 Å². The standard InChI is InChI=1S/C28H27N5O4/c1-18-15-19(5-4-10-33-13-11-32(2)12-14-33)7-8-22(18)31-27-24(28(35)36)25(34)23(37-27)16-20-17-30-26-21(20)6-3-9-29-26/h3,6-9,15-17,31H,10-14H2,1-2H3,(H,29,30)(H,35,36)/b23-16-. The Morgan fingerprint density at radius 2 is 2.08 bits per heavy atom. The molecular weight excluding hydrogens is 470 g/mol. The third-order valence-electron chi connectivity index (χ3n) is 6.48. The molecule has 2 aliphatic rings. The molecule has 0 unspecified atom stereocenters. The van der Waals surface area contributed by atoms with Gasteiger partial charge in [-0.2, -0.15) is 0 Å². The molecule has 0 spiro atoms. The highest BCUT2D eigenvalue weighted by Gasteiger charge is 2.36. The first-order valence-electron chi connectivity index (χ1n) is 12.0. The highest BCUT2D eigenvalue weighted by Crippen LogP contribution is 2.30. The minimum Gasteiger partial charge on any atom is -0.477 e. The first kappa shape index (κ1) is 24.3. The van der Waals surface area contributed by atoms with Crippen LogP contribution in [-0.4, -0.2) is 76.4 Å². The molecule has 5 rings (SSSR count). The van der Waals surface area contributed by atoms with Crippen molar-refractivity contribution in [2.75, 3.05) is 45.1 Å². The summed E-state index contributed by atoms with van der Waals surface area (Å²) in [5.74, 6) is 4.20. The number of pyridine rings is 1. The number of likely N-dealkylation sites (N-methyl/N-ethyl adjacent to an activating group) is 1.